The molecule has 0 aromatic carbocycles. The standard InChI is InChI=1S/C13H29NO6/c1-11(2)5-12(6-16,7-17)14(3-4-15)13(8-18,9-19)10-20/h11,15-20H,3-10H2,1-2H3. The van der Waals surface area contributed by atoms with Gasteiger partial charge in [-0.1, -0.05) is 13.8 Å². The molecule has 0 saturated carbocycles. The van der Waals surface area contributed by atoms with E-state index < -0.39 is 44.1 Å². The van der Waals surface area contributed by atoms with Crippen molar-refractivity contribution in [2.75, 3.05) is 46.2 Å². The molecule has 0 aromatic rings. The van der Waals surface area contributed by atoms with Crippen LogP contribution in [0.4, 0.5) is 0 Å². The Labute approximate surface area is 120 Å². The van der Waals surface area contributed by atoms with E-state index in [1.807, 2.05) is 13.8 Å². The first kappa shape index (κ1) is 19.7. The van der Waals surface area contributed by atoms with E-state index in [1.54, 1.807) is 0 Å². The molecular formula is C13H29NO6. The summed E-state index contributed by atoms with van der Waals surface area (Å²) >= 11 is 0. The fourth-order valence-electron chi connectivity index (χ4n) is 2.70. The van der Waals surface area contributed by atoms with Crippen molar-refractivity contribution >= 4 is 0 Å². The fourth-order valence-corrected chi connectivity index (χ4v) is 2.70. The number of aliphatic hydroxyl groups is 6. The number of hydrogen-bond acceptors (Lipinski definition) is 7. The Kier molecular flexibility index (Phi) is 8.76. The second kappa shape index (κ2) is 8.89. The highest BCUT2D eigenvalue weighted by molar-refractivity contribution is 5.01. The van der Waals surface area contributed by atoms with Gasteiger partial charge in [-0.05, 0) is 12.3 Å². The molecule has 7 heteroatoms. The van der Waals surface area contributed by atoms with Crippen molar-refractivity contribution in [2.45, 2.75) is 31.3 Å². The van der Waals surface area contributed by atoms with Crippen molar-refractivity contribution in [2.24, 2.45) is 5.92 Å². The highest BCUT2D eigenvalue weighted by Gasteiger charge is 2.47. The summed E-state index contributed by atoms with van der Waals surface area (Å²) in [6, 6.07) is 0. The largest absolute Gasteiger partial charge is 0.395 e. The first-order valence-corrected chi connectivity index (χ1v) is 6.85. The lowest BCUT2D eigenvalue weighted by atomic mass is 9.83. The topological polar surface area (TPSA) is 125 Å². The molecule has 0 bridgehead atoms. The first-order chi connectivity index (χ1) is 9.41. The van der Waals surface area contributed by atoms with Gasteiger partial charge in [-0.3, -0.25) is 4.90 Å². The Hall–Kier alpha value is -0.280. The van der Waals surface area contributed by atoms with Crippen LogP contribution in [0.3, 0.4) is 0 Å². The summed E-state index contributed by atoms with van der Waals surface area (Å²) in [7, 11) is 0. The third-order valence-corrected chi connectivity index (χ3v) is 3.73. The van der Waals surface area contributed by atoms with Crippen LogP contribution in [0.2, 0.25) is 0 Å². The molecular weight excluding hydrogens is 266 g/mol. The molecule has 0 unspecified atom stereocenters. The predicted molar refractivity (Wildman–Crippen MR) is 74.1 cm³/mol. The van der Waals surface area contributed by atoms with Gasteiger partial charge >= 0.3 is 0 Å². The van der Waals surface area contributed by atoms with E-state index in [-0.39, 0.29) is 19.1 Å². The van der Waals surface area contributed by atoms with Crippen LogP contribution in [-0.4, -0.2) is 92.8 Å². The van der Waals surface area contributed by atoms with Crippen LogP contribution in [0, 0.1) is 5.92 Å². The molecule has 0 aliphatic rings. The third-order valence-electron chi connectivity index (χ3n) is 3.73. The predicted octanol–water partition coefficient (Wildman–Crippen LogP) is -2.23. The number of hydrogen-bond donors (Lipinski definition) is 6. The summed E-state index contributed by atoms with van der Waals surface area (Å²) in [5.41, 5.74) is -2.55. The van der Waals surface area contributed by atoms with Crippen molar-refractivity contribution in [3.63, 3.8) is 0 Å². The van der Waals surface area contributed by atoms with E-state index in [0.29, 0.717) is 6.42 Å². The van der Waals surface area contributed by atoms with Crippen LogP contribution in [0.15, 0.2) is 0 Å². The quantitative estimate of drug-likeness (QED) is 0.255. The molecule has 0 saturated heterocycles. The van der Waals surface area contributed by atoms with Crippen molar-refractivity contribution in [3.05, 3.63) is 0 Å². The third kappa shape index (κ3) is 4.11. The Morgan fingerprint density at radius 2 is 1.15 bits per heavy atom. The molecule has 0 heterocycles. The maximum absolute atomic E-state index is 9.74. The maximum Gasteiger partial charge on any atom is 0.0913 e. The van der Waals surface area contributed by atoms with E-state index in [9.17, 15) is 30.6 Å². The van der Waals surface area contributed by atoms with E-state index in [1.165, 1.54) is 4.90 Å². The molecule has 0 amide bonds. The number of rotatable bonds is 11. The van der Waals surface area contributed by atoms with E-state index in [2.05, 4.69) is 0 Å². The monoisotopic (exact) mass is 295 g/mol. The zero-order chi connectivity index (χ0) is 15.8. The highest BCUT2D eigenvalue weighted by atomic mass is 16.3. The summed E-state index contributed by atoms with van der Waals surface area (Å²) in [5, 5.41) is 57.4. The Bertz CT molecular complexity index is 245. The van der Waals surface area contributed by atoms with Gasteiger partial charge in [0.25, 0.3) is 0 Å². The van der Waals surface area contributed by atoms with E-state index in [4.69, 9.17) is 0 Å². The zero-order valence-electron chi connectivity index (χ0n) is 12.4. The van der Waals surface area contributed by atoms with Crippen LogP contribution in [-0.2, 0) is 0 Å². The molecule has 0 fully saturated rings. The normalized spacial score (nSPS) is 13.5. The molecule has 6 N–H and O–H groups in total. The second-order valence-electron chi connectivity index (χ2n) is 5.71. The van der Waals surface area contributed by atoms with Crippen LogP contribution in [0.1, 0.15) is 20.3 Å². The minimum Gasteiger partial charge on any atom is -0.395 e. The Balaban J connectivity index is 5.67. The van der Waals surface area contributed by atoms with Gasteiger partial charge < -0.3 is 30.6 Å². The summed E-state index contributed by atoms with van der Waals surface area (Å²) in [6.07, 6.45) is 0.391. The van der Waals surface area contributed by atoms with Gasteiger partial charge in [-0.2, -0.15) is 0 Å². The van der Waals surface area contributed by atoms with Gasteiger partial charge in [0, 0.05) is 6.54 Å². The summed E-state index contributed by atoms with van der Waals surface area (Å²) in [4.78, 5) is 1.43. The van der Waals surface area contributed by atoms with Crippen molar-refractivity contribution in [3.8, 4) is 0 Å². The highest BCUT2D eigenvalue weighted by Crippen LogP contribution is 2.30. The number of β-amino-alcohol motifs (C(OH)–C–C–N with tert-alkyl or cyclic N) is 1. The van der Waals surface area contributed by atoms with Crippen LogP contribution in [0.5, 0.6) is 0 Å². The molecule has 0 atom stereocenters. The van der Waals surface area contributed by atoms with Gasteiger partial charge in [-0.25, -0.2) is 0 Å². The van der Waals surface area contributed by atoms with Gasteiger partial charge in [0.2, 0.25) is 0 Å². The second-order valence-corrected chi connectivity index (χ2v) is 5.71. The lowest BCUT2D eigenvalue weighted by Crippen LogP contribution is -2.69. The lowest BCUT2D eigenvalue weighted by molar-refractivity contribution is -0.139. The van der Waals surface area contributed by atoms with Gasteiger partial charge in [0.05, 0.1) is 50.7 Å². The van der Waals surface area contributed by atoms with Crippen molar-refractivity contribution in [1.29, 1.82) is 0 Å². The van der Waals surface area contributed by atoms with E-state index in [0.717, 1.165) is 0 Å². The zero-order valence-corrected chi connectivity index (χ0v) is 12.4. The molecule has 122 valence electrons. The van der Waals surface area contributed by atoms with Crippen LogP contribution < -0.4 is 0 Å². The summed E-state index contributed by atoms with van der Waals surface area (Å²) in [6.45, 7) is 1.05. The molecule has 0 aliphatic carbocycles. The Morgan fingerprint density at radius 1 is 0.750 bits per heavy atom. The fraction of sp³-hybridized carbons (Fsp3) is 1.00. The molecule has 0 spiro atoms. The molecule has 0 aliphatic heterocycles. The Morgan fingerprint density at radius 3 is 1.40 bits per heavy atom. The minimum absolute atomic E-state index is 0.00944. The summed E-state index contributed by atoms with van der Waals surface area (Å²) in [5.74, 6) is 0.129. The van der Waals surface area contributed by atoms with Crippen molar-refractivity contribution in [1.82, 2.24) is 4.90 Å². The van der Waals surface area contributed by atoms with Crippen LogP contribution >= 0.6 is 0 Å². The van der Waals surface area contributed by atoms with Gasteiger partial charge in [-0.15, -0.1) is 0 Å². The maximum atomic E-state index is 9.74. The average molecular weight is 295 g/mol. The molecule has 0 rings (SSSR count). The lowest BCUT2D eigenvalue weighted by Gasteiger charge is -2.51. The molecule has 7 nitrogen and oxygen atoms in total. The smallest absolute Gasteiger partial charge is 0.0913 e. The summed E-state index contributed by atoms with van der Waals surface area (Å²) < 4.78 is 0. The van der Waals surface area contributed by atoms with Gasteiger partial charge in [0.15, 0.2) is 0 Å². The van der Waals surface area contributed by atoms with Gasteiger partial charge in [0.1, 0.15) is 0 Å². The van der Waals surface area contributed by atoms with Crippen molar-refractivity contribution < 1.29 is 30.6 Å². The molecule has 0 radical (unpaired) electrons. The average Bonchev–Trinajstić information content (AvgIpc) is 2.46. The molecule has 0 aromatic heterocycles. The minimum atomic E-state index is -1.41. The number of aliphatic hydroxyl groups excluding tert-OH is 6. The van der Waals surface area contributed by atoms with E-state index >= 15 is 0 Å². The first-order valence-electron chi connectivity index (χ1n) is 6.85. The number of nitrogens with zero attached hydrogens (tertiary/aromatic N) is 1. The van der Waals surface area contributed by atoms with Crippen LogP contribution in [0.25, 0.3) is 0 Å². The SMILES string of the molecule is CC(C)CC(CO)(CO)N(CCO)C(CO)(CO)CO. The molecule has 20 heavy (non-hydrogen) atoms.